The Balaban J connectivity index is 1.81. The second-order valence-electron chi connectivity index (χ2n) is 8.29. The molecule has 32 heavy (non-hydrogen) atoms. The lowest BCUT2D eigenvalue weighted by Gasteiger charge is -2.22. The molecule has 2 amide bonds. The number of nitrogens with one attached hydrogen (secondary N) is 3. The van der Waals surface area contributed by atoms with Gasteiger partial charge in [-0.15, -0.1) is 0 Å². The highest BCUT2D eigenvalue weighted by Gasteiger charge is 2.21. The van der Waals surface area contributed by atoms with Gasteiger partial charge in [-0.25, -0.2) is 0 Å². The third-order valence-corrected chi connectivity index (χ3v) is 5.58. The van der Waals surface area contributed by atoms with Gasteiger partial charge in [-0.3, -0.25) is 9.59 Å². The normalized spacial score (nSPS) is 16.7. The maximum Gasteiger partial charge on any atom is 0.243 e. The first-order valence-corrected chi connectivity index (χ1v) is 11.4. The predicted octanol–water partition coefficient (Wildman–Crippen LogP) is 1.70. The number of rotatable bonds is 14. The molecule has 0 saturated carbocycles. The lowest BCUT2D eigenvalue weighted by Crippen LogP contribution is -2.50. The molecule has 2 rings (SSSR count). The molecule has 1 aromatic carbocycles. The van der Waals surface area contributed by atoms with Crippen molar-refractivity contribution in [3.8, 4) is 0 Å². The predicted molar refractivity (Wildman–Crippen MR) is 128 cm³/mol. The minimum atomic E-state index is -0.647. The summed E-state index contributed by atoms with van der Waals surface area (Å²) in [6.07, 6.45) is 5.84. The fourth-order valence-electron chi connectivity index (χ4n) is 3.69. The Hall–Kier alpha value is -2.48. The molecular weight excluding hydrogens is 404 g/mol. The van der Waals surface area contributed by atoms with Crippen LogP contribution in [-0.2, 0) is 20.7 Å². The summed E-state index contributed by atoms with van der Waals surface area (Å²) in [5.41, 5.74) is 8.94. The topological polar surface area (TPSA) is 105 Å². The van der Waals surface area contributed by atoms with Crippen molar-refractivity contribution in [3.05, 3.63) is 59.7 Å². The molecule has 7 nitrogen and oxygen atoms in total. The minimum absolute atomic E-state index is 0.166. The van der Waals surface area contributed by atoms with Gasteiger partial charge in [-0.2, -0.15) is 0 Å². The number of allylic oxidation sites excluding steroid dienone is 2. The number of benzene rings is 1. The Bertz CT molecular complexity index is 764. The number of nitrogens with two attached hydrogens (primary N) is 1. The minimum Gasteiger partial charge on any atom is -0.378 e. The van der Waals surface area contributed by atoms with E-state index in [1.165, 1.54) is 11.1 Å². The van der Waals surface area contributed by atoms with Crippen LogP contribution >= 0.6 is 0 Å². The molecule has 0 bridgehead atoms. The molecule has 0 spiro atoms. The Labute approximate surface area is 191 Å². The lowest BCUT2D eigenvalue weighted by atomic mass is 9.85. The van der Waals surface area contributed by atoms with Crippen molar-refractivity contribution < 1.29 is 14.3 Å². The zero-order chi connectivity index (χ0) is 23.2. The van der Waals surface area contributed by atoms with Crippen molar-refractivity contribution in [2.75, 3.05) is 39.4 Å². The van der Waals surface area contributed by atoms with E-state index < -0.39 is 6.04 Å². The second-order valence-corrected chi connectivity index (χ2v) is 8.29. The largest absolute Gasteiger partial charge is 0.378 e. The van der Waals surface area contributed by atoms with E-state index in [0.29, 0.717) is 45.2 Å². The van der Waals surface area contributed by atoms with E-state index in [0.717, 1.165) is 24.8 Å². The van der Waals surface area contributed by atoms with Gasteiger partial charge >= 0.3 is 0 Å². The van der Waals surface area contributed by atoms with Crippen LogP contribution in [0.25, 0.3) is 0 Å². The van der Waals surface area contributed by atoms with Gasteiger partial charge < -0.3 is 26.4 Å². The van der Waals surface area contributed by atoms with Crippen LogP contribution in [0.15, 0.2) is 54.1 Å². The molecule has 176 valence electrons. The van der Waals surface area contributed by atoms with Gasteiger partial charge in [-0.1, -0.05) is 54.1 Å². The van der Waals surface area contributed by atoms with Gasteiger partial charge in [0.1, 0.15) is 6.04 Å². The first-order valence-electron chi connectivity index (χ1n) is 11.4. The quantitative estimate of drug-likeness (QED) is 0.259. The number of ether oxygens (including phenoxy) is 1. The number of carbonyl (C=O) groups is 2. The Morgan fingerprint density at radius 3 is 2.69 bits per heavy atom. The van der Waals surface area contributed by atoms with Crippen LogP contribution in [0.4, 0.5) is 0 Å². The van der Waals surface area contributed by atoms with Crippen LogP contribution in [0.5, 0.6) is 0 Å². The Morgan fingerprint density at radius 2 is 2.03 bits per heavy atom. The van der Waals surface area contributed by atoms with Crippen molar-refractivity contribution in [2.45, 2.75) is 38.6 Å². The lowest BCUT2D eigenvalue weighted by molar-refractivity contribution is -0.128. The second kappa shape index (κ2) is 14.6. The van der Waals surface area contributed by atoms with Crippen LogP contribution < -0.4 is 21.7 Å². The summed E-state index contributed by atoms with van der Waals surface area (Å²) in [7, 11) is 0. The van der Waals surface area contributed by atoms with Gasteiger partial charge in [0.2, 0.25) is 11.8 Å². The Kier molecular flexibility index (Phi) is 11.7. The fourth-order valence-corrected chi connectivity index (χ4v) is 3.69. The van der Waals surface area contributed by atoms with E-state index in [1.54, 1.807) is 0 Å². The van der Waals surface area contributed by atoms with Gasteiger partial charge in [0.05, 0.1) is 19.8 Å². The highest BCUT2D eigenvalue weighted by atomic mass is 16.5. The molecule has 5 N–H and O–H groups in total. The summed E-state index contributed by atoms with van der Waals surface area (Å²) in [5, 5.41) is 8.91. The summed E-state index contributed by atoms with van der Waals surface area (Å²) in [5.74, 6) is 0.149. The maximum absolute atomic E-state index is 12.7. The number of hydrogen-bond acceptors (Lipinski definition) is 5. The summed E-state index contributed by atoms with van der Waals surface area (Å²) in [6.45, 7) is 8.64. The molecule has 0 unspecified atom stereocenters. The summed E-state index contributed by atoms with van der Waals surface area (Å²) in [4.78, 5) is 25.2. The molecule has 7 heteroatoms. The van der Waals surface area contributed by atoms with Crippen molar-refractivity contribution in [1.82, 2.24) is 16.0 Å². The van der Waals surface area contributed by atoms with Crippen LogP contribution in [-0.4, -0.2) is 57.2 Å². The summed E-state index contributed by atoms with van der Waals surface area (Å²) in [6, 6.07) is 9.02. The molecule has 0 heterocycles. The SMILES string of the molecule is C=C(C)[C@H]1CC=C(CNCC(=O)N[C@@H](Cc2ccccc2)C(=O)NCCOCCN)CC1. The van der Waals surface area contributed by atoms with Gasteiger partial charge in [0.25, 0.3) is 0 Å². The van der Waals surface area contributed by atoms with E-state index in [-0.39, 0.29) is 18.4 Å². The first kappa shape index (κ1) is 25.8. The van der Waals surface area contributed by atoms with E-state index in [9.17, 15) is 9.59 Å². The molecule has 1 aliphatic carbocycles. The van der Waals surface area contributed by atoms with Gasteiger partial charge in [0.15, 0.2) is 0 Å². The summed E-state index contributed by atoms with van der Waals surface area (Å²) < 4.78 is 5.30. The average molecular weight is 443 g/mol. The molecular formula is C25H38N4O3. The van der Waals surface area contributed by atoms with Gasteiger partial charge in [0, 0.05) is 26.1 Å². The smallest absolute Gasteiger partial charge is 0.243 e. The number of carbonyl (C=O) groups excluding carboxylic acids is 2. The molecule has 0 saturated heterocycles. The van der Waals surface area contributed by atoms with Crippen LogP contribution in [0.2, 0.25) is 0 Å². The molecule has 0 fully saturated rings. The third-order valence-electron chi connectivity index (χ3n) is 5.58. The number of hydrogen-bond donors (Lipinski definition) is 4. The fraction of sp³-hybridized carbons (Fsp3) is 0.520. The summed E-state index contributed by atoms with van der Waals surface area (Å²) >= 11 is 0. The van der Waals surface area contributed by atoms with E-state index >= 15 is 0 Å². The van der Waals surface area contributed by atoms with Crippen molar-refractivity contribution in [1.29, 1.82) is 0 Å². The first-order chi connectivity index (χ1) is 15.5. The van der Waals surface area contributed by atoms with Crippen molar-refractivity contribution >= 4 is 11.8 Å². The number of amides is 2. The molecule has 0 radical (unpaired) electrons. The third kappa shape index (κ3) is 9.77. The van der Waals surface area contributed by atoms with E-state index in [1.807, 2.05) is 30.3 Å². The molecule has 1 aromatic rings. The zero-order valence-electron chi connectivity index (χ0n) is 19.2. The van der Waals surface area contributed by atoms with E-state index in [2.05, 4.69) is 35.5 Å². The van der Waals surface area contributed by atoms with Crippen LogP contribution in [0.3, 0.4) is 0 Å². The van der Waals surface area contributed by atoms with E-state index in [4.69, 9.17) is 10.5 Å². The van der Waals surface area contributed by atoms with Crippen LogP contribution in [0, 0.1) is 5.92 Å². The molecule has 1 aliphatic rings. The van der Waals surface area contributed by atoms with Crippen LogP contribution in [0.1, 0.15) is 31.7 Å². The Morgan fingerprint density at radius 1 is 1.25 bits per heavy atom. The molecule has 0 aliphatic heterocycles. The highest BCUT2D eigenvalue weighted by molar-refractivity contribution is 5.88. The molecule has 2 atom stereocenters. The van der Waals surface area contributed by atoms with Crippen molar-refractivity contribution in [2.24, 2.45) is 11.7 Å². The zero-order valence-corrected chi connectivity index (χ0v) is 19.2. The standard InChI is InChI=1S/C25H38N4O3/c1-19(2)22-10-8-21(9-11-22)17-27-18-24(30)29-23(16-20-6-4-3-5-7-20)25(31)28-13-15-32-14-12-26/h3-8,22-23,27H,1,9-18,26H2,2H3,(H,28,31)(H,29,30)/t22-,23-/m0/s1. The van der Waals surface area contributed by atoms with Crippen molar-refractivity contribution in [3.63, 3.8) is 0 Å². The average Bonchev–Trinajstić information content (AvgIpc) is 2.79. The maximum atomic E-state index is 12.7. The van der Waals surface area contributed by atoms with Gasteiger partial charge in [-0.05, 0) is 37.7 Å². The monoisotopic (exact) mass is 442 g/mol. The molecule has 0 aromatic heterocycles. The highest BCUT2D eigenvalue weighted by Crippen LogP contribution is 2.27.